The maximum atomic E-state index is 13.3. The number of fused-ring (bicyclic) bond motifs is 1. The number of allylic oxidation sites excluding steroid dienone is 3. The standard InChI is InChI=1S/C26H26BrNO3/c1-16-22(25(30)31-15-17-8-5-4-6-9-17)23(18-10-7-11-19(27)12-18)24-20(28-16)13-26(2,3)14-21(24)29/h4-13,23-24,28H,14-15H2,1-3H3. The van der Waals surface area contributed by atoms with Crippen LogP contribution in [0.5, 0.6) is 0 Å². The number of ketones is 1. The minimum atomic E-state index is -0.426. The Morgan fingerprint density at radius 2 is 1.87 bits per heavy atom. The van der Waals surface area contributed by atoms with Crippen LogP contribution in [-0.4, -0.2) is 11.8 Å². The number of carbonyl (C=O) groups is 2. The van der Waals surface area contributed by atoms with E-state index in [0.717, 1.165) is 27.0 Å². The van der Waals surface area contributed by atoms with Gasteiger partial charge in [-0.1, -0.05) is 78.3 Å². The molecule has 4 rings (SSSR count). The smallest absolute Gasteiger partial charge is 0.336 e. The van der Waals surface area contributed by atoms with Crippen LogP contribution in [0.25, 0.3) is 0 Å². The molecule has 5 heteroatoms. The molecule has 0 spiro atoms. The van der Waals surface area contributed by atoms with Crippen LogP contribution in [0, 0.1) is 11.3 Å². The van der Waals surface area contributed by atoms with E-state index in [9.17, 15) is 9.59 Å². The van der Waals surface area contributed by atoms with Gasteiger partial charge in [-0.15, -0.1) is 0 Å². The van der Waals surface area contributed by atoms with Crippen LogP contribution in [-0.2, 0) is 20.9 Å². The van der Waals surface area contributed by atoms with Gasteiger partial charge >= 0.3 is 5.97 Å². The fraction of sp³-hybridized carbons (Fsp3) is 0.308. The summed E-state index contributed by atoms with van der Waals surface area (Å²) in [4.78, 5) is 26.6. The molecular weight excluding hydrogens is 454 g/mol. The lowest BCUT2D eigenvalue weighted by molar-refractivity contribution is -0.141. The maximum absolute atomic E-state index is 13.3. The molecule has 1 aliphatic carbocycles. The van der Waals surface area contributed by atoms with Crippen molar-refractivity contribution in [2.75, 3.05) is 0 Å². The van der Waals surface area contributed by atoms with Gasteiger partial charge in [0.05, 0.1) is 11.5 Å². The highest BCUT2D eigenvalue weighted by molar-refractivity contribution is 9.10. The zero-order valence-electron chi connectivity index (χ0n) is 17.9. The van der Waals surface area contributed by atoms with Crippen molar-refractivity contribution in [3.8, 4) is 0 Å². The van der Waals surface area contributed by atoms with Gasteiger partial charge in [0, 0.05) is 28.2 Å². The summed E-state index contributed by atoms with van der Waals surface area (Å²) < 4.78 is 6.61. The Morgan fingerprint density at radius 1 is 1.13 bits per heavy atom. The summed E-state index contributed by atoms with van der Waals surface area (Å²) in [6.07, 6.45) is 2.58. The average molecular weight is 480 g/mol. The maximum Gasteiger partial charge on any atom is 0.336 e. The molecule has 31 heavy (non-hydrogen) atoms. The fourth-order valence-electron chi connectivity index (χ4n) is 4.60. The molecule has 160 valence electrons. The second-order valence-electron chi connectivity index (χ2n) is 8.97. The highest BCUT2D eigenvalue weighted by Crippen LogP contribution is 2.47. The van der Waals surface area contributed by atoms with E-state index in [1.165, 1.54) is 0 Å². The second kappa shape index (κ2) is 8.46. The van der Waals surface area contributed by atoms with Gasteiger partial charge in [0.25, 0.3) is 0 Å². The molecule has 0 aromatic heterocycles. The van der Waals surface area contributed by atoms with Gasteiger partial charge in [0.15, 0.2) is 0 Å². The van der Waals surface area contributed by atoms with Gasteiger partial charge < -0.3 is 10.1 Å². The van der Waals surface area contributed by atoms with Crippen molar-refractivity contribution in [2.24, 2.45) is 11.3 Å². The first-order valence-electron chi connectivity index (χ1n) is 10.4. The molecule has 1 aliphatic heterocycles. The molecule has 0 fully saturated rings. The van der Waals surface area contributed by atoms with E-state index >= 15 is 0 Å². The van der Waals surface area contributed by atoms with Gasteiger partial charge in [0.1, 0.15) is 12.4 Å². The number of esters is 1. The van der Waals surface area contributed by atoms with Crippen molar-refractivity contribution in [2.45, 2.75) is 39.7 Å². The minimum absolute atomic E-state index is 0.140. The number of carbonyl (C=O) groups excluding carboxylic acids is 2. The number of halogens is 1. The summed E-state index contributed by atoms with van der Waals surface area (Å²) in [7, 11) is 0. The Labute approximate surface area is 191 Å². The quantitative estimate of drug-likeness (QED) is 0.575. The van der Waals surface area contributed by atoms with Crippen LogP contribution < -0.4 is 5.32 Å². The number of nitrogens with one attached hydrogen (secondary N) is 1. The summed E-state index contributed by atoms with van der Waals surface area (Å²) in [6, 6.07) is 17.4. The van der Waals surface area contributed by atoms with E-state index in [0.29, 0.717) is 12.0 Å². The summed E-state index contributed by atoms with van der Waals surface area (Å²) in [6.45, 7) is 6.20. The van der Waals surface area contributed by atoms with Crippen molar-refractivity contribution < 1.29 is 14.3 Å². The number of rotatable bonds is 4. The highest BCUT2D eigenvalue weighted by atomic mass is 79.9. The Morgan fingerprint density at radius 3 is 2.58 bits per heavy atom. The molecule has 1 heterocycles. The fourth-order valence-corrected chi connectivity index (χ4v) is 5.01. The number of hydrogen-bond donors (Lipinski definition) is 1. The lowest BCUT2D eigenvalue weighted by Gasteiger charge is -2.41. The van der Waals surface area contributed by atoms with Crippen molar-refractivity contribution >= 4 is 27.7 Å². The Balaban J connectivity index is 1.76. The van der Waals surface area contributed by atoms with Gasteiger partial charge in [-0.3, -0.25) is 4.79 Å². The highest BCUT2D eigenvalue weighted by Gasteiger charge is 2.46. The van der Waals surface area contributed by atoms with Crippen molar-refractivity contribution in [3.63, 3.8) is 0 Å². The number of ether oxygens (including phenoxy) is 1. The average Bonchev–Trinajstić information content (AvgIpc) is 2.71. The monoisotopic (exact) mass is 479 g/mol. The van der Waals surface area contributed by atoms with E-state index in [1.807, 2.05) is 61.5 Å². The van der Waals surface area contributed by atoms with E-state index in [1.54, 1.807) is 0 Å². The SMILES string of the molecule is CC1=C(C(=O)OCc2ccccc2)C(c2cccc(Br)c2)C2C(=O)CC(C)(C)C=C2N1. The molecule has 0 amide bonds. The van der Waals surface area contributed by atoms with Crippen LogP contribution in [0.4, 0.5) is 0 Å². The zero-order valence-corrected chi connectivity index (χ0v) is 19.5. The lowest BCUT2D eigenvalue weighted by atomic mass is 9.66. The van der Waals surface area contributed by atoms with Gasteiger partial charge in [-0.25, -0.2) is 4.79 Å². The Hall–Kier alpha value is -2.66. The molecular formula is C26H26BrNO3. The molecule has 0 saturated carbocycles. The molecule has 2 aliphatic rings. The molecule has 2 aromatic rings. The zero-order chi connectivity index (χ0) is 22.2. The third-order valence-electron chi connectivity index (χ3n) is 5.88. The predicted octanol–water partition coefficient (Wildman–Crippen LogP) is 5.65. The normalized spacial score (nSPS) is 22.3. The molecule has 0 saturated heterocycles. The Bertz CT molecular complexity index is 1080. The third kappa shape index (κ3) is 4.52. The molecule has 2 unspecified atom stereocenters. The molecule has 2 atom stereocenters. The van der Waals surface area contributed by atoms with Crippen molar-refractivity contribution in [3.05, 3.63) is 93.2 Å². The molecule has 0 radical (unpaired) electrons. The van der Waals surface area contributed by atoms with Crippen molar-refractivity contribution in [1.29, 1.82) is 0 Å². The number of Topliss-reactive ketones (excluding diaryl/α,β-unsaturated/α-hetero) is 1. The largest absolute Gasteiger partial charge is 0.457 e. The summed E-state index contributed by atoms with van der Waals surface area (Å²) in [5.41, 5.74) is 3.76. The van der Waals surface area contributed by atoms with Crippen LogP contribution in [0.3, 0.4) is 0 Å². The van der Waals surface area contributed by atoms with Gasteiger partial charge in [-0.05, 0) is 35.6 Å². The molecule has 1 N–H and O–H groups in total. The van der Waals surface area contributed by atoms with Crippen LogP contribution >= 0.6 is 15.9 Å². The Kier molecular flexibility index (Phi) is 5.89. The van der Waals surface area contributed by atoms with Crippen LogP contribution in [0.1, 0.15) is 44.2 Å². The molecule has 2 aromatic carbocycles. The number of benzene rings is 2. The summed E-state index contributed by atoms with van der Waals surface area (Å²) >= 11 is 3.54. The van der Waals surface area contributed by atoms with E-state index in [2.05, 4.69) is 41.2 Å². The predicted molar refractivity (Wildman–Crippen MR) is 124 cm³/mol. The van der Waals surface area contributed by atoms with Gasteiger partial charge in [-0.2, -0.15) is 0 Å². The first-order valence-corrected chi connectivity index (χ1v) is 11.2. The first kappa shape index (κ1) is 21.6. The first-order chi connectivity index (χ1) is 14.7. The lowest BCUT2D eigenvalue weighted by Crippen LogP contribution is -2.43. The van der Waals surface area contributed by atoms with E-state index < -0.39 is 17.8 Å². The molecule has 4 nitrogen and oxygen atoms in total. The van der Waals surface area contributed by atoms with Gasteiger partial charge in [0.2, 0.25) is 0 Å². The summed E-state index contributed by atoms with van der Waals surface area (Å²) in [5.74, 6) is -1.07. The number of hydrogen-bond acceptors (Lipinski definition) is 4. The van der Waals surface area contributed by atoms with E-state index in [-0.39, 0.29) is 17.8 Å². The van der Waals surface area contributed by atoms with Crippen molar-refractivity contribution in [1.82, 2.24) is 5.32 Å². The second-order valence-corrected chi connectivity index (χ2v) is 9.88. The van der Waals surface area contributed by atoms with Crippen LogP contribution in [0.2, 0.25) is 0 Å². The minimum Gasteiger partial charge on any atom is -0.457 e. The topological polar surface area (TPSA) is 55.4 Å². The van der Waals surface area contributed by atoms with Crippen LogP contribution in [0.15, 0.2) is 82.1 Å². The molecule has 0 bridgehead atoms. The third-order valence-corrected chi connectivity index (χ3v) is 6.37. The van der Waals surface area contributed by atoms with E-state index in [4.69, 9.17) is 4.74 Å². The summed E-state index contributed by atoms with van der Waals surface area (Å²) in [5, 5.41) is 3.36.